The highest BCUT2D eigenvalue weighted by molar-refractivity contribution is 5.96. The van der Waals surface area contributed by atoms with Crippen LogP contribution in [0.25, 0.3) is 11.1 Å². The van der Waals surface area contributed by atoms with E-state index in [1.54, 1.807) is 6.07 Å². The number of nitrogens with zero attached hydrogens (tertiary/aromatic N) is 2. The first-order valence-corrected chi connectivity index (χ1v) is 13.7. The maximum atomic E-state index is 14.2. The van der Waals surface area contributed by atoms with Gasteiger partial charge in [0.2, 0.25) is 5.91 Å². The summed E-state index contributed by atoms with van der Waals surface area (Å²) in [6, 6.07) is 15.3. The molecular formula is C32H27F6N3O3. The zero-order valence-electron chi connectivity index (χ0n) is 23.5. The number of halogens is 6. The van der Waals surface area contributed by atoms with Gasteiger partial charge in [-0.3, -0.25) is 14.6 Å². The lowest BCUT2D eigenvalue weighted by molar-refractivity contribution is -0.194. The number of carbonyl (C=O) groups is 2. The summed E-state index contributed by atoms with van der Waals surface area (Å²) in [5, 5.41) is 2.34. The number of alkyl halides is 6. The molecule has 6 nitrogen and oxygen atoms in total. The third kappa shape index (κ3) is 6.48. The van der Waals surface area contributed by atoms with E-state index < -0.39 is 60.6 Å². The van der Waals surface area contributed by atoms with E-state index in [1.807, 2.05) is 31.2 Å². The van der Waals surface area contributed by atoms with Crippen molar-refractivity contribution in [3.63, 3.8) is 0 Å². The number of aryl methyl sites for hydroxylation is 2. The molecule has 4 aromatic rings. The Morgan fingerprint density at radius 3 is 2.32 bits per heavy atom. The maximum Gasteiger partial charge on any atom is 0.416 e. The molecule has 1 fully saturated rings. The van der Waals surface area contributed by atoms with E-state index in [0.29, 0.717) is 5.56 Å². The van der Waals surface area contributed by atoms with Gasteiger partial charge in [-0.2, -0.15) is 26.3 Å². The van der Waals surface area contributed by atoms with Crippen LogP contribution in [0.15, 0.2) is 83.6 Å². The van der Waals surface area contributed by atoms with Crippen molar-refractivity contribution >= 4 is 17.5 Å². The summed E-state index contributed by atoms with van der Waals surface area (Å²) in [6.45, 7) is 2.39. The zero-order chi connectivity index (χ0) is 31.8. The van der Waals surface area contributed by atoms with Gasteiger partial charge in [-0.15, -0.1) is 0 Å². The van der Waals surface area contributed by atoms with E-state index in [4.69, 9.17) is 4.42 Å². The van der Waals surface area contributed by atoms with Gasteiger partial charge in [0.05, 0.1) is 23.7 Å². The van der Waals surface area contributed by atoms with Crippen molar-refractivity contribution in [1.29, 1.82) is 0 Å². The lowest BCUT2D eigenvalue weighted by atomic mass is 9.80. The molecule has 0 bridgehead atoms. The molecule has 2 amide bonds. The Bertz CT molecular complexity index is 1650. The lowest BCUT2D eigenvalue weighted by Crippen LogP contribution is -2.52. The van der Waals surface area contributed by atoms with Gasteiger partial charge in [0.1, 0.15) is 17.5 Å². The monoisotopic (exact) mass is 615 g/mol. The van der Waals surface area contributed by atoms with E-state index >= 15 is 0 Å². The van der Waals surface area contributed by atoms with Crippen LogP contribution in [0.2, 0.25) is 0 Å². The van der Waals surface area contributed by atoms with Crippen LogP contribution >= 0.6 is 0 Å². The molecule has 3 atom stereocenters. The lowest BCUT2D eigenvalue weighted by Gasteiger charge is -2.43. The minimum Gasteiger partial charge on any atom is -0.467 e. The number of aromatic nitrogens is 1. The van der Waals surface area contributed by atoms with Crippen LogP contribution in [0.4, 0.5) is 32.0 Å². The quantitative estimate of drug-likeness (QED) is 0.231. The number of pyridine rings is 1. The minimum absolute atomic E-state index is 0.0513. The Morgan fingerprint density at radius 1 is 0.932 bits per heavy atom. The Kier molecular flexibility index (Phi) is 8.28. The molecule has 0 aliphatic carbocycles. The number of amides is 2. The normalized spacial score (nSPS) is 19.1. The summed E-state index contributed by atoms with van der Waals surface area (Å²) in [5.74, 6) is -5.41. The van der Waals surface area contributed by atoms with Crippen molar-refractivity contribution in [2.24, 2.45) is 11.8 Å². The summed E-state index contributed by atoms with van der Waals surface area (Å²) in [4.78, 5) is 32.5. The van der Waals surface area contributed by atoms with Crippen molar-refractivity contribution in [2.45, 2.75) is 38.7 Å². The fourth-order valence-electron chi connectivity index (χ4n) is 5.49. The number of furan rings is 1. The summed E-state index contributed by atoms with van der Waals surface area (Å²) < 4.78 is 88.5. The number of hydrogen-bond donors (Lipinski definition) is 1. The predicted molar refractivity (Wildman–Crippen MR) is 149 cm³/mol. The van der Waals surface area contributed by atoms with Crippen molar-refractivity contribution < 1.29 is 40.3 Å². The van der Waals surface area contributed by atoms with Crippen LogP contribution in [0.5, 0.6) is 0 Å². The van der Waals surface area contributed by atoms with E-state index in [2.05, 4.69) is 10.3 Å². The second-order valence-corrected chi connectivity index (χ2v) is 10.8. The van der Waals surface area contributed by atoms with Gasteiger partial charge in [0, 0.05) is 24.0 Å². The Balaban J connectivity index is 1.50. The number of anilines is 1. The first kappa shape index (κ1) is 30.8. The summed E-state index contributed by atoms with van der Waals surface area (Å²) in [5.41, 5.74) is 1.05. The first-order chi connectivity index (χ1) is 20.7. The molecule has 12 heteroatoms. The van der Waals surface area contributed by atoms with Gasteiger partial charge < -0.3 is 14.6 Å². The molecule has 1 saturated heterocycles. The van der Waals surface area contributed by atoms with Crippen LogP contribution in [-0.4, -0.2) is 34.4 Å². The van der Waals surface area contributed by atoms with Gasteiger partial charge >= 0.3 is 12.4 Å². The van der Waals surface area contributed by atoms with Crippen LogP contribution in [0, 0.1) is 25.7 Å². The van der Waals surface area contributed by atoms with Gasteiger partial charge in [-0.1, -0.05) is 42.0 Å². The van der Waals surface area contributed by atoms with Gasteiger partial charge in [-0.25, -0.2) is 0 Å². The van der Waals surface area contributed by atoms with E-state index in [9.17, 15) is 35.9 Å². The molecule has 3 heterocycles. The SMILES string of the molecule is Cc1cccc(-c2ccc(C(=O)N3CC(C(F)(F)F)CC(C(=O)Nc4ccc(C)c(C(F)(F)F)c4)C3c3ccco3)nc2)c1. The Labute approximate surface area is 248 Å². The molecule has 2 aromatic carbocycles. The Morgan fingerprint density at radius 2 is 1.70 bits per heavy atom. The van der Waals surface area contributed by atoms with E-state index in [1.165, 1.54) is 43.6 Å². The smallest absolute Gasteiger partial charge is 0.416 e. The molecule has 5 rings (SSSR count). The average molecular weight is 616 g/mol. The van der Waals surface area contributed by atoms with Gasteiger partial charge in [0.25, 0.3) is 5.91 Å². The van der Waals surface area contributed by atoms with Crippen molar-refractivity contribution in [2.75, 3.05) is 11.9 Å². The molecule has 2 aromatic heterocycles. The number of likely N-dealkylation sites (tertiary alicyclic amines) is 1. The summed E-state index contributed by atoms with van der Waals surface area (Å²) >= 11 is 0. The number of rotatable bonds is 5. The maximum absolute atomic E-state index is 14.2. The zero-order valence-corrected chi connectivity index (χ0v) is 23.5. The number of nitrogens with one attached hydrogen (secondary N) is 1. The average Bonchev–Trinajstić information content (AvgIpc) is 3.51. The number of hydrogen-bond acceptors (Lipinski definition) is 4. The van der Waals surface area contributed by atoms with Gasteiger partial charge in [0.15, 0.2) is 0 Å². The van der Waals surface area contributed by atoms with Gasteiger partial charge in [-0.05, 0) is 61.7 Å². The van der Waals surface area contributed by atoms with E-state index in [0.717, 1.165) is 28.2 Å². The summed E-state index contributed by atoms with van der Waals surface area (Å²) in [7, 11) is 0. The fraction of sp³-hybridized carbons (Fsp3) is 0.281. The predicted octanol–water partition coefficient (Wildman–Crippen LogP) is 8.00. The highest BCUT2D eigenvalue weighted by Gasteiger charge is 2.52. The molecule has 44 heavy (non-hydrogen) atoms. The topological polar surface area (TPSA) is 75.4 Å². The molecule has 1 aliphatic rings. The first-order valence-electron chi connectivity index (χ1n) is 13.7. The van der Waals surface area contributed by atoms with Crippen LogP contribution in [0.1, 0.15) is 45.4 Å². The van der Waals surface area contributed by atoms with Crippen molar-refractivity contribution in [1.82, 2.24) is 9.88 Å². The molecule has 1 aliphatic heterocycles. The molecular weight excluding hydrogens is 588 g/mol. The summed E-state index contributed by atoms with van der Waals surface area (Å²) in [6.07, 6.45) is -7.51. The molecule has 0 spiro atoms. The third-order valence-electron chi connectivity index (χ3n) is 7.71. The molecule has 0 saturated carbocycles. The van der Waals surface area contributed by atoms with Crippen molar-refractivity contribution in [3.05, 3.63) is 107 Å². The standard InChI is InChI=1S/C32H27F6N3O3/c1-18-5-3-6-20(13-18)21-9-11-26(39-16-21)30(43)41-17-22(31(33,34)35)14-24(28(41)27-7-4-12-44-27)29(42)40-23-10-8-19(2)25(15-23)32(36,37)38/h3-13,15-16,22,24,28H,14,17H2,1-2H3,(H,40,42). The highest BCUT2D eigenvalue weighted by atomic mass is 19.4. The second-order valence-electron chi connectivity index (χ2n) is 10.8. The van der Waals surface area contributed by atoms with Crippen LogP contribution in [-0.2, 0) is 11.0 Å². The molecule has 1 N–H and O–H groups in total. The molecule has 230 valence electrons. The molecule has 0 radical (unpaired) electrons. The second kappa shape index (κ2) is 11.8. The van der Waals surface area contributed by atoms with Crippen molar-refractivity contribution in [3.8, 4) is 11.1 Å². The third-order valence-corrected chi connectivity index (χ3v) is 7.71. The minimum atomic E-state index is -4.78. The highest BCUT2D eigenvalue weighted by Crippen LogP contribution is 2.45. The molecule has 3 unspecified atom stereocenters. The number of benzene rings is 2. The number of piperidine rings is 1. The fourth-order valence-corrected chi connectivity index (χ4v) is 5.49. The van der Waals surface area contributed by atoms with Crippen LogP contribution < -0.4 is 5.32 Å². The number of carbonyl (C=O) groups excluding carboxylic acids is 2. The largest absolute Gasteiger partial charge is 0.467 e. The Hall–Kier alpha value is -4.61. The van der Waals surface area contributed by atoms with E-state index in [-0.39, 0.29) is 22.7 Å². The van der Waals surface area contributed by atoms with Crippen LogP contribution in [0.3, 0.4) is 0 Å².